The third kappa shape index (κ3) is 19.7. The summed E-state index contributed by atoms with van der Waals surface area (Å²) in [7, 11) is 0. The van der Waals surface area contributed by atoms with Gasteiger partial charge in [0, 0.05) is 164 Å². The van der Waals surface area contributed by atoms with Crippen molar-refractivity contribution in [2.45, 2.75) is 216 Å². The van der Waals surface area contributed by atoms with Crippen LogP contribution in [0.25, 0.3) is 44.3 Å². The zero-order valence-corrected chi connectivity index (χ0v) is 67.5. The number of nitrogens with zero attached hydrogens (tertiary/aromatic N) is 8. The summed E-state index contributed by atoms with van der Waals surface area (Å²) in [6.07, 6.45) is 11.5. The molecule has 8 aromatic rings. The van der Waals surface area contributed by atoms with Crippen LogP contribution in [0.5, 0.6) is 0 Å². The predicted molar refractivity (Wildman–Crippen MR) is 437 cm³/mol. The number of carbonyl (C=O) groups excluding carboxylic acids is 6. The highest BCUT2D eigenvalue weighted by molar-refractivity contribution is 6.09. The molecule has 598 valence electrons. The lowest BCUT2D eigenvalue weighted by atomic mass is 9.96. The number of nitrogens with one attached hydrogen (secondary N) is 8. The maximum absolute atomic E-state index is 13.8. The number of fused-ring (bicyclic) bond motifs is 2. The van der Waals surface area contributed by atoms with Crippen LogP contribution in [-0.2, 0) is 92.0 Å². The molecule has 112 heavy (non-hydrogen) atoms. The van der Waals surface area contributed by atoms with E-state index in [4.69, 9.17) is 24.2 Å². The summed E-state index contributed by atoms with van der Waals surface area (Å²) in [6, 6.07) is 29.9. The van der Waals surface area contributed by atoms with Gasteiger partial charge >= 0.3 is 6.09 Å². The van der Waals surface area contributed by atoms with Gasteiger partial charge in [-0.15, -0.1) is 0 Å². The molecule has 2 saturated carbocycles. The number of ether oxygens (including phenoxy) is 3. The van der Waals surface area contributed by atoms with Crippen LogP contribution in [0, 0.1) is 24.7 Å². The van der Waals surface area contributed by atoms with Crippen LogP contribution in [-0.4, -0.2) is 171 Å². The molecule has 4 saturated heterocycles. The van der Waals surface area contributed by atoms with Crippen molar-refractivity contribution in [3.05, 3.63) is 153 Å². The second-order valence-electron chi connectivity index (χ2n) is 31.9. The number of amides is 5. The molecule has 14 rings (SSSR count). The average molecular weight is 1530 g/mol. The summed E-state index contributed by atoms with van der Waals surface area (Å²) in [6.45, 7) is 34.3. The number of pyridine rings is 2. The molecule has 0 unspecified atom stereocenters. The van der Waals surface area contributed by atoms with E-state index >= 15 is 0 Å². The second kappa shape index (κ2) is 36.9. The van der Waals surface area contributed by atoms with Crippen molar-refractivity contribution in [1.29, 1.82) is 0 Å². The van der Waals surface area contributed by atoms with Gasteiger partial charge in [0.2, 0.25) is 23.6 Å². The molecule has 4 aromatic carbocycles. The molecular weight excluding hydrogens is 1410 g/mol. The first-order valence-electron chi connectivity index (χ1n) is 40.6. The van der Waals surface area contributed by atoms with Crippen LogP contribution >= 0.6 is 0 Å². The van der Waals surface area contributed by atoms with Crippen molar-refractivity contribution in [3.63, 3.8) is 0 Å². The van der Waals surface area contributed by atoms with Crippen molar-refractivity contribution in [2.24, 2.45) is 10.8 Å². The van der Waals surface area contributed by atoms with Crippen molar-refractivity contribution in [2.75, 3.05) is 76.3 Å². The molecule has 5 amide bonds. The van der Waals surface area contributed by atoms with E-state index < -0.39 is 16.4 Å². The number of benzene rings is 4. The molecule has 25 nitrogen and oxygen atoms in total. The summed E-state index contributed by atoms with van der Waals surface area (Å²) in [5, 5.41) is 37.7. The number of aryl methyl sites for hydroxylation is 6. The fourth-order valence-corrected chi connectivity index (χ4v) is 15.6. The topological polar surface area (TPSA) is 294 Å². The monoisotopic (exact) mass is 1530 g/mol. The largest absolute Gasteiger partial charge is 0.444 e. The lowest BCUT2D eigenvalue weighted by Gasteiger charge is -2.35. The van der Waals surface area contributed by atoms with E-state index in [0.29, 0.717) is 83.0 Å². The van der Waals surface area contributed by atoms with E-state index in [0.717, 1.165) is 187 Å². The molecule has 8 N–H and O–H groups in total. The number of hydrogen-bond acceptors (Lipinski definition) is 18. The summed E-state index contributed by atoms with van der Waals surface area (Å²) < 4.78 is 20.3. The Kier molecular flexibility index (Phi) is 26.9. The van der Waals surface area contributed by atoms with Gasteiger partial charge < -0.3 is 61.6 Å². The lowest BCUT2D eigenvalue weighted by molar-refractivity contribution is -0.138. The van der Waals surface area contributed by atoms with Crippen molar-refractivity contribution < 1.29 is 43.0 Å². The quantitative estimate of drug-likeness (QED) is 0.0195. The summed E-state index contributed by atoms with van der Waals surface area (Å²) in [4.78, 5) is 91.8. The van der Waals surface area contributed by atoms with Crippen LogP contribution in [0.4, 0.5) is 16.2 Å². The number of anilines is 2. The van der Waals surface area contributed by atoms with E-state index in [2.05, 4.69) is 135 Å². The highest BCUT2D eigenvalue weighted by atomic mass is 16.6. The zero-order chi connectivity index (χ0) is 79.3. The molecule has 25 heteroatoms. The molecule has 0 radical (unpaired) electrons. The molecule has 4 aliphatic heterocycles. The van der Waals surface area contributed by atoms with Gasteiger partial charge in [-0.2, -0.15) is 10.2 Å². The first kappa shape index (κ1) is 81.8. The van der Waals surface area contributed by atoms with Gasteiger partial charge in [-0.3, -0.25) is 28.9 Å². The zero-order valence-electron chi connectivity index (χ0n) is 67.5. The van der Waals surface area contributed by atoms with Crippen LogP contribution in [0.3, 0.4) is 0 Å². The number of rotatable bonds is 25. The molecule has 4 aromatic heterocycles. The van der Waals surface area contributed by atoms with Gasteiger partial charge in [-0.1, -0.05) is 74.5 Å². The van der Waals surface area contributed by atoms with Gasteiger partial charge in [-0.05, 0) is 201 Å². The van der Waals surface area contributed by atoms with E-state index in [1.807, 2.05) is 99.7 Å². The number of aromatic nitrogens is 6. The van der Waals surface area contributed by atoms with Gasteiger partial charge in [0.05, 0.1) is 34.5 Å². The fourth-order valence-electron chi connectivity index (χ4n) is 15.6. The van der Waals surface area contributed by atoms with Crippen LogP contribution < -0.4 is 42.5 Å². The molecular formula is C87H116N16O9. The SMILES string of the molecule is CCc1nc2c(cnn2CC)c(NC2CCOCC2)c1CNC(=O)C1(C(=O)NCc2ccc(C)c(-c3cccc(C=O)c3)c2)CC1.CCc1nc2c(cnn2CC)c(NC2CCOCC2)c1CNC(=O)C1(C(=O)NCc2ccc(C)c(-c3cccc(CN4CCN[C@@H](C)C4)c3)c2)CC1.C[C@H]1CNCCN1C(=O)OC(C)(C)C. The maximum Gasteiger partial charge on any atom is 0.410 e. The Morgan fingerprint density at radius 1 is 0.598 bits per heavy atom. The Balaban J connectivity index is 0.000000178. The highest BCUT2D eigenvalue weighted by Gasteiger charge is 2.57. The van der Waals surface area contributed by atoms with Gasteiger partial charge in [0.25, 0.3) is 0 Å². The standard InChI is InChI=1S/C41H54N8O3.C36H42N6O4.C10H20N2O2/c1-5-36-34(37(46-32-12-18-52-19-13-32)35-24-45-49(6-2)38(35)47-36)23-44-40(51)41(14-15-41)39(50)43-22-29-11-10-27(3)33(21-29)31-9-7-8-30(20-31)26-48-17-16-42-28(4)25-48;1-4-31-29(32(40-27-11-15-46-16-12-27)30-21-39-42(5-2)33(30)41-31)20-38-35(45)36(13-14-36)34(44)37-19-24-10-9-23(3)28(18-24)26-8-6-7-25(17-26)22-43;1-8-7-11-5-6-12(8)9(13)14-10(2,3)4/h7-11,20-21,24,28,32,42H,5-6,12-19,22-23,25-26H2,1-4H3,(H,43,50)(H,44,51)(H,46,47);6-10,17-18,21-22,27H,4-5,11-16,19-20H2,1-3H3,(H,37,44)(H,38,45)(H,40,41);8,11H,5-7H2,1-4H3/t28-;;8-/m0.0/s1. The first-order chi connectivity index (χ1) is 54.0. The van der Waals surface area contributed by atoms with Gasteiger partial charge in [0.15, 0.2) is 11.3 Å². The third-order valence-electron chi connectivity index (χ3n) is 22.5. The van der Waals surface area contributed by atoms with Gasteiger partial charge in [-0.25, -0.2) is 24.1 Å². The van der Waals surface area contributed by atoms with Crippen molar-refractivity contribution in [1.82, 2.24) is 71.2 Å². The number of carbonyl (C=O) groups is 6. The summed E-state index contributed by atoms with van der Waals surface area (Å²) in [5.74, 6) is -0.963. The molecule has 0 bridgehead atoms. The third-order valence-corrected chi connectivity index (χ3v) is 22.5. The van der Waals surface area contributed by atoms with E-state index in [1.54, 1.807) is 11.0 Å². The number of hydrogen-bond donors (Lipinski definition) is 8. The first-order valence-corrected chi connectivity index (χ1v) is 40.6. The van der Waals surface area contributed by atoms with Crippen LogP contribution in [0.2, 0.25) is 0 Å². The Labute approximate surface area is 659 Å². The molecule has 8 heterocycles. The van der Waals surface area contributed by atoms with E-state index in [-0.39, 0.29) is 60.9 Å². The Morgan fingerprint density at radius 3 is 1.53 bits per heavy atom. The van der Waals surface area contributed by atoms with Crippen molar-refractivity contribution in [3.8, 4) is 22.3 Å². The highest BCUT2D eigenvalue weighted by Crippen LogP contribution is 2.48. The maximum atomic E-state index is 13.8. The van der Waals surface area contributed by atoms with Gasteiger partial charge in [0.1, 0.15) is 22.7 Å². The van der Waals surface area contributed by atoms with Crippen LogP contribution in [0.15, 0.2) is 97.3 Å². The number of aldehydes is 1. The minimum Gasteiger partial charge on any atom is -0.444 e. The molecule has 0 spiro atoms. The van der Waals surface area contributed by atoms with E-state index in [9.17, 15) is 28.8 Å². The second-order valence-corrected chi connectivity index (χ2v) is 31.9. The Bertz CT molecular complexity index is 4660. The Hall–Kier alpha value is -9.66. The Morgan fingerprint density at radius 2 is 1.08 bits per heavy atom. The van der Waals surface area contributed by atoms with Crippen LogP contribution in [0.1, 0.15) is 174 Å². The molecule has 2 aliphatic carbocycles. The fraction of sp³-hybridized carbons (Fsp3) is 0.517. The average Bonchev–Trinajstić information content (AvgIpc) is 1.66. The van der Waals surface area contributed by atoms with E-state index in [1.165, 1.54) is 16.7 Å². The summed E-state index contributed by atoms with van der Waals surface area (Å²) in [5.41, 5.74) is 15.2. The molecule has 6 aliphatic rings. The minimum atomic E-state index is -1.07. The minimum absolute atomic E-state index is 0.202. The predicted octanol–water partition coefficient (Wildman–Crippen LogP) is 11.4. The smallest absolute Gasteiger partial charge is 0.410 e. The number of piperazine rings is 2. The molecule has 6 fully saturated rings. The summed E-state index contributed by atoms with van der Waals surface area (Å²) >= 11 is 0. The molecule has 2 atom stereocenters. The van der Waals surface area contributed by atoms with Crippen molar-refractivity contribution >= 4 is 69.4 Å². The normalized spacial score (nSPS) is 18.3. The lowest BCUT2D eigenvalue weighted by Crippen LogP contribution is -2.53.